The van der Waals surface area contributed by atoms with Crippen molar-refractivity contribution in [1.29, 1.82) is 0 Å². The van der Waals surface area contributed by atoms with Gasteiger partial charge in [0.05, 0.1) is 13.1 Å². The Kier molecular flexibility index (Phi) is 5.80. The molecule has 4 rings (SSSR count). The van der Waals surface area contributed by atoms with Gasteiger partial charge in [0.25, 0.3) is 0 Å². The lowest BCUT2D eigenvalue weighted by Gasteiger charge is -2.07. The molecule has 0 unspecified atom stereocenters. The van der Waals surface area contributed by atoms with Crippen LogP contribution in [0.15, 0.2) is 73.1 Å². The molecule has 2 aromatic heterocycles. The summed E-state index contributed by atoms with van der Waals surface area (Å²) in [5.41, 5.74) is 1.49. The molecule has 30 heavy (non-hydrogen) atoms. The summed E-state index contributed by atoms with van der Waals surface area (Å²) >= 11 is 5.31. The van der Waals surface area contributed by atoms with Gasteiger partial charge >= 0.3 is 0 Å². The van der Waals surface area contributed by atoms with E-state index in [1.165, 1.54) is 18.2 Å². The number of anilines is 2. The second-order valence-electron chi connectivity index (χ2n) is 6.59. The van der Waals surface area contributed by atoms with Gasteiger partial charge < -0.3 is 10.6 Å². The van der Waals surface area contributed by atoms with E-state index < -0.39 is 0 Å². The molecule has 0 aliphatic carbocycles. The van der Waals surface area contributed by atoms with E-state index in [9.17, 15) is 8.78 Å². The monoisotopic (exact) mass is 424 g/mol. The van der Waals surface area contributed by atoms with E-state index in [-0.39, 0.29) is 11.6 Å². The van der Waals surface area contributed by atoms with Crippen LogP contribution in [0.1, 0.15) is 11.1 Å². The van der Waals surface area contributed by atoms with E-state index >= 15 is 0 Å². The Balaban J connectivity index is 1.32. The molecule has 2 aromatic carbocycles. The van der Waals surface area contributed by atoms with Gasteiger partial charge in [0.2, 0.25) is 0 Å². The van der Waals surface area contributed by atoms with Gasteiger partial charge in [0.15, 0.2) is 16.7 Å². The van der Waals surface area contributed by atoms with Crippen LogP contribution in [0.5, 0.6) is 0 Å². The van der Waals surface area contributed by atoms with Crippen LogP contribution < -0.4 is 10.6 Å². The summed E-state index contributed by atoms with van der Waals surface area (Å²) in [5.74, 6) is 0.570. The molecule has 2 N–H and O–H groups in total. The Hall–Kier alpha value is -3.59. The van der Waals surface area contributed by atoms with Crippen molar-refractivity contribution < 1.29 is 8.78 Å². The first-order valence-corrected chi connectivity index (χ1v) is 9.59. The van der Waals surface area contributed by atoms with Crippen molar-refractivity contribution in [1.82, 2.24) is 19.6 Å². The highest BCUT2D eigenvalue weighted by molar-refractivity contribution is 7.80. The van der Waals surface area contributed by atoms with Gasteiger partial charge in [-0.25, -0.2) is 8.78 Å². The van der Waals surface area contributed by atoms with Gasteiger partial charge in [-0.2, -0.15) is 10.2 Å². The SMILES string of the molecule is Fc1ccc(Cn2ccc(NC(=S)Nc3ccn(Cc4ccccc4F)n3)n2)cc1. The minimum absolute atomic E-state index is 0.268. The van der Waals surface area contributed by atoms with Crippen LogP contribution in [-0.4, -0.2) is 24.7 Å². The number of hydrogen-bond donors (Lipinski definition) is 2. The number of halogens is 2. The molecule has 0 atom stereocenters. The quantitative estimate of drug-likeness (QED) is 0.453. The molecule has 2 heterocycles. The molecule has 0 saturated carbocycles. The van der Waals surface area contributed by atoms with Crippen molar-refractivity contribution in [2.75, 3.05) is 10.6 Å². The third kappa shape index (κ3) is 5.06. The third-order valence-corrected chi connectivity index (χ3v) is 4.52. The molecule has 0 radical (unpaired) electrons. The Labute approximate surface area is 177 Å². The fraction of sp³-hybridized carbons (Fsp3) is 0.0952. The zero-order chi connectivity index (χ0) is 20.9. The van der Waals surface area contributed by atoms with Crippen molar-refractivity contribution in [2.24, 2.45) is 0 Å². The summed E-state index contributed by atoms with van der Waals surface area (Å²) in [6, 6.07) is 16.4. The van der Waals surface area contributed by atoms with Crippen LogP contribution in [0.3, 0.4) is 0 Å². The molecule has 0 fully saturated rings. The summed E-state index contributed by atoms with van der Waals surface area (Å²) in [7, 11) is 0. The number of nitrogens with one attached hydrogen (secondary N) is 2. The van der Waals surface area contributed by atoms with Gasteiger partial charge in [-0.15, -0.1) is 0 Å². The number of nitrogens with zero attached hydrogens (tertiary/aromatic N) is 4. The number of aromatic nitrogens is 4. The van der Waals surface area contributed by atoms with E-state index in [0.29, 0.717) is 35.4 Å². The van der Waals surface area contributed by atoms with E-state index in [2.05, 4.69) is 20.8 Å². The highest BCUT2D eigenvalue weighted by Gasteiger charge is 2.07. The second kappa shape index (κ2) is 8.83. The summed E-state index contributed by atoms with van der Waals surface area (Å²) in [4.78, 5) is 0. The van der Waals surface area contributed by atoms with E-state index in [0.717, 1.165) is 5.56 Å². The van der Waals surface area contributed by atoms with Crippen molar-refractivity contribution in [3.63, 3.8) is 0 Å². The third-order valence-electron chi connectivity index (χ3n) is 4.31. The molecule has 0 bridgehead atoms. The Bertz CT molecular complexity index is 1150. The normalized spacial score (nSPS) is 10.7. The van der Waals surface area contributed by atoms with Gasteiger partial charge in [-0.1, -0.05) is 30.3 Å². The van der Waals surface area contributed by atoms with Crippen LogP contribution in [0.4, 0.5) is 20.4 Å². The summed E-state index contributed by atoms with van der Waals surface area (Å²) in [6.07, 6.45) is 3.55. The molecule has 0 saturated heterocycles. The van der Waals surface area contributed by atoms with Crippen molar-refractivity contribution >= 4 is 29.0 Å². The minimum Gasteiger partial charge on any atom is -0.316 e. The summed E-state index contributed by atoms with van der Waals surface area (Å²) in [5, 5.41) is 15.1. The van der Waals surface area contributed by atoms with E-state index in [4.69, 9.17) is 12.2 Å². The molecule has 0 aliphatic rings. The average Bonchev–Trinajstić information content (AvgIpc) is 3.35. The van der Waals surface area contributed by atoms with Gasteiger partial charge in [0.1, 0.15) is 11.6 Å². The number of thiocarbonyl (C=S) groups is 1. The maximum atomic E-state index is 13.8. The molecule has 0 spiro atoms. The highest BCUT2D eigenvalue weighted by atomic mass is 32.1. The predicted octanol–water partition coefficient (Wildman–Crippen LogP) is 4.26. The second-order valence-corrected chi connectivity index (χ2v) is 7.00. The molecule has 152 valence electrons. The lowest BCUT2D eigenvalue weighted by Crippen LogP contribution is -2.20. The van der Waals surface area contributed by atoms with E-state index in [1.54, 1.807) is 64.2 Å². The summed E-state index contributed by atoms with van der Waals surface area (Å²) < 4.78 is 30.1. The Morgan fingerprint density at radius 1 is 0.800 bits per heavy atom. The Morgan fingerprint density at radius 2 is 1.40 bits per heavy atom. The maximum Gasteiger partial charge on any atom is 0.177 e. The number of rotatable bonds is 6. The maximum absolute atomic E-state index is 13.8. The van der Waals surface area contributed by atoms with Crippen molar-refractivity contribution in [3.8, 4) is 0 Å². The smallest absolute Gasteiger partial charge is 0.177 e. The minimum atomic E-state index is -0.269. The topological polar surface area (TPSA) is 59.7 Å². The number of hydrogen-bond acceptors (Lipinski definition) is 3. The molecule has 0 aliphatic heterocycles. The first kappa shape index (κ1) is 19.7. The summed E-state index contributed by atoms with van der Waals surface area (Å²) in [6.45, 7) is 0.838. The standard InChI is InChI=1S/C21H18F2N6S/c22-17-7-5-15(6-8-17)13-28-11-9-19(26-28)24-21(30)25-20-10-12-29(27-20)14-16-3-1-2-4-18(16)23/h1-12H,13-14H2,(H2,24,25,26,27,30). The largest absolute Gasteiger partial charge is 0.316 e. The number of benzene rings is 2. The van der Waals surface area contributed by atoms with Crippen molar-refractivity contribution in [3.05, 3.63) is 95.8 Å². The molecular formula is C21H18F2N6S. The molecule has 9 heteroatoms. The van der Waals surface area contributed by atoms with Gasteiger partial charge in [-0.05, 0) is 36.0 Å². The average molecular weight is 424 g/mol. The fourth-order valence-corrected chi connectivity index (χ4v) is 3.08. The van der Waals surface area contributed by atoms with Crippen LogP contribution in [0.25, 0.3) is 0 Å². The van der Waals surface area contributed by atoms with Crippen LogP contribution in [-0.2, 0) is 13.1 Å². The molecular weight excluding hydrogens is 406 g/mol. The zero-order valence-electron chi connectivity index (χ0n) is 15.8. The lowest BCUT2D eigenvalue weighted by molar-refractivity contribution is 0.586. The Morgan fingerprint density at radius 3 is 2.03 bits per heavy atom. The van der Waals surface area contributed by atoms with Crippen molar-refractivity contribution in [2.45, 2.75) is 13.1 Å². The predicted molar refractivity (Wildman–Crippen MR) is 115 cm³/mol. The molecule has 6 nitrogen and oxygen atoms in total. The highest BCUT2D eigenvalue weighted by Crippen LogP contribution is 2.11. The molecule has 4 aromatic rings. The molecule has 0 amide bonds. The zero-order valence-corrected chi connectivity index (χ0v) is 16.6. The van der Waals surface area contributed by atoms with Crippen LogP contribution >= 0.6 is 12.2 Å². The first-order chi connectivity index (χ1) is 14.5. The van der Waals surface area contributed by atoms with Gasteiger partial charge in [-0.3, -0.25) is 9.36 Å². The van der Waals surface area contributed by atoms with Gasteiger partial charge in [0, 0.05) is 30.1 Å². The van der Waals surface area contributed by atoms with Crippen LogP contribution in [0, 0.1) is 11.6 Å². The lowest BCUT2D eigenvalue weighted by atomic mass is 10.2. The first-order valence-electron chi connectivity index (χ1n) is 9.18. The van der Waals surface area contributed by atoms with E-state index in [1.807, 2.05) is 0 Å². The van der Waals surface area contributed by atoms with Crippen LogP contribution in [0.2, 0.25) is 0 Å². The fourth-order valence-electron chi connectivity index (χ4n) is 2.87.